The molecule has 0 aliphatic rings. The molecule has 5 heteroatoms. The second-order valence-electron chi connectivity index (χ2n) is 5.22. The van der Waals surface area contributed by atoms with Crippen LogP contribution in [0.4, 0.5) is 5.69 Å². The molecule has 0 bridgehead atoms. The summed E-state index contributed by atoms with van der Waals surface area (Å²) in [5.41, 5.74) is 0.554. The van der Waals surface area contributed by atoms with E-state index in [1.165, 1.54) is 0 Å². The van der Waals surface area contributed by atoms with Crippen molar-refractivity contribution in [3.63, 3.8) is 0 Å². The molecule has 0 aliphatic carbocycles. The molecule has 3 nitrogen and oxygen atoms in total. The van der Waals surface area contributed by atoms with Crippen LogP contribution in [0.2, 0.25) is 5.02 Å². The third-order valence-corrected chi connectivity index (χ3v) is 3.85. The lowest BCUT2D eigenvalue weighted by Crippen LogP contribution is -2.48. The van der Waals surface area contributed by atoms with E-state index in [4.69, 9.17) is 11.6 Å². The number of amides is 1. The summed E-state index contributed by atoms with van der Waals surface area (Å²) in [6, 6.07) is 5.19. The fraction of sp³-hybridized carbons (Fsp3) is 0.500. The Morgan fingerprint density at radius 1 is 1.47 bits per heavy atom. The van der Waals surface area contributed by atoms with Crippen LogP contribution in [0, 0.1) is 0 Å². The van der Waals surface area contributed by atoms with Gasteiger partial charge in [0.2, 0.25) is 5.91 Å². The van der Waals surface area contributed by atoms with E-state index in [0.717, 1.165) is 16.6 Å². The first-order chi connectivity index (χ1) is 8.75. The molecule has 0 saturated heterocycles. The van der Waals surface area contributed by atoms with Gasteiger partial charge in [-0.05, 0) is 45.4 Å². The van der Waals surface area contributed by atoms with Gasteiger partial charge in [0.1, 0.15) is 6.04 Å². The van der Waals surface area contributed by atoms with E-state index in [9.17, 15) is 4.79 Å². The highest BCUT2D eigenvalue weighted by Crippen LogP contribution is 2.26. The zero-order valence-electron chi connectivity index (χ0n) is 11.7. The highest BCUT2D eigenvalue weighted by atomic mass is 79.9. The number of hydrogen-bond donors (Lipinski definition) is 2. The van der Waals surface area contributed by atoms with Crippen LogP contribution < -0.4 is 10.6 Å². The normalized spacial score (nSPS) is 12.9. The van der Waals surface area contributed by atoms with Gasteiger partial charge >= 0.3 is 0 Å². The standard InChI is InChI=1S/C14H20BrClN2O/c1-5-14(3,4)18-13(19)9(2)17-12-7-6-10(15)8-11(12)16/h6-9,17H,5H2,1-4H3,(H,18,19). The maximum absolute atomic E-state index is 12.1. The molecule has 0 aromatic heterocycles. The Morgan fingerprint density at radius 3 is 2.63 bits per heavy atom. The quantitative estimate of drug-likeness (QED) is 0.838. The molecule has 1 aromatic carbocycles. The number of hydrogen-bond acceptors (Lipinski definition) is 2. The summed E-state index contributed by atoms with van der Waals surface area (Å²) >= 11 is 9.46. The van der Waals surface area contributed by atoms with Crippen molar-refractivity contribution in [2.75, 3.05) is 5.32 Å². The van der Waals surface area contributed by atoms with E-state index < -0.39 is 0 Å². The van der Waals surface area contributed by atoms with Gasteiger partial charge < -0.3 is 10.6 Å². The third-order valence-electron chi connectivity index (χ3n) is 3.04. The largest absolute Gasteiger partial charge is 0.373 e. The van der Waals surface area contributed by atoms with Gasteiger partial charge in [0.25, 0.3) is 0 Å². The summed E-state index contributed by atoms with van der Waals surface area (Å²) in [6.07, 6.45) is 0.879. The predicted molar refractivity (Wildman–Crippen MR) is 84.7 cm³/mol. The number of carbonyl (C=O) groups is 1. The molecule has 1 unspecified atom stereocenters. The smallest absolute Gasteiger partial charge is 0.242 e. The molecule has 1 atom stereocenters. The summed E-state index contributed by atoms with van der Waals surface area (Å²) in [5.74, 6) is -0.0363. The molecule has 0 heterocycles. The Balaban J connectivity index is 2.69. The van der Waals surface area contributed by atoms with Crippen molar-refractivity contribution >= 4 is 39.1 Å². The Labute approximate surface area is 128 Å². The maximum atomic E-state index is 12.1. The number of carbonyl (C=O) groups excluding carboxylic acids is 1. The molecule has 0 saturated carbocycles. The highest BCUT2D eigenvalue weighted by Gasteiger charge is 2.22. The van der Waals surface area contributed by atoms with Crippen molar-refractivity contribution in [3.8, 4) is 0 Å². The molecule has 1 aromatic rings. The predicted octanol–water partition coefficient (Wildman–Crippen LogP) is 4.21. The van der Waals surface area contributed by atoms with Crippen LogP contribution in [0.25, 0.3) is 0 Å². The molecule has 0 aliphatic heterocycles. The van der Waals surface area contributed by atoms with Gasteiger partial charge in [-0.2, -0.15) is 0 Å². The summed E-state index contributed by atoms with van der Waals surface area (Å²) in [6.45, 7) is 7.87. The van der Waals surface area contributed by atoms with Crippen LogP contribution in [0.5, 0.6) is 0 Å². The lowest BCUT2D eigenvalue weighted by atomic mass is 10.0. The number of rotatable bonds is 5. The monoisotopic (exact) mass is 346 g/mol. The van der Waals surface area contributed by atoms with Gasteiger partial charge in [-0.15, -0.1) is 0 Å². The first-order valence-electron chi connectivity index (χ1n) is 6.29. The van der Waals surface area contributed by atoms with Crippen molar-refractivity contribution in [1.29, 1.82) is 0 Å². The molecule has 19 heavy (non-hydrogen) atoms. The lowest BCUT2D eigenvalue weighted by molar-refractivity contribution is -0.123. The van der Waals surface area contributed by atoms with Gasteiger partial charge in [0.05, 0.1) is 10.7 Å². The SMILES string of the molecule is CCC(C)(C)NC(=O)C(C)Nc1ccc(Br)cc1Cl. The van der Waals surface area contributed by atoms with Crippen molar-refractivity contribution in [3.05, 3.63) is 27.7 Å². The fourth-order valence-corrected chi connectivity index (χ4v) is 2.16. The van der Waals surface area contributed by atoms with E-state index >= 15 is 0 Å². The van der Waals surface area contributed by atoms with Gasteiger partial charge in [0.15, 0.2) is 0 Å². The number of benzene rings is 1. The van der Waals surface area contributed by atoms with Gasteiger partial charge in [-0.3, -0.25) is 4.79 Å². The summed E-state index contributed by atoms with van der Waals surface area (Å²) < 4.78 is 0.910. The number of anilines is 1. The van der Waals surface area contributed by atoms with Crippen molar-refractivity contribution in [2.24, 2.45) is 0 Å². The fourth-order valence-electron chi connectivity index (χ4n) is 1.44. The van der Waals surface area contributed by atoms with Crippen molar-refractivity contribution < 1.29 is 4.79 Å². The van der Waals surface area contributed by atoms with E-state index in [0.29, 0.717) is 5.02 Å². The van der Waals surface area contributed by atoms with E-state index in [1.807, 2.05) is 39.8 Å². The van der Waals surface area contributed by atoms with Gasteiger partial charge in [-0.25, -0.2) is 0 Å². The molecule has 2 N–H and O–H groups in total. The Hall–Kier alpha value is -0.740. The molecule has 0 radical (unpaired) electrons. The van der Waals surface area contributed by atoms with Crippen LogP contribution in [0.1, 0.15) is 34.1 Å². The summed E-state index contributed by atoms with van der Waals surface area (Å²) in [5, 5.41) is 6.71. The minimum atomic E-state index is -0.343. The van der Waals surface area contributed by atoms with E-state index in [1.54, 1.807) is 6.07 Å². The zero-order chi connectivity index (χ0) is 14.6. The van der Waals surface area contributed by atoms with Crippen LogP contribution in [0.15, 0.2) is 22.7 Å². The number of nitrogens with one attached hydrogen (secondary N) is 2. The van der Waals surface area contributed by atoms with Crippen molar-refractivity contribution in [2.45, 2.75) is 45.7 Å². The minimum absolute atomic E-state index is 0.0363. The van der Waals surface area contributed by atoms with Crippen LogP contribution in [-0.2, 0) is 4.79 Å². The molecular weight excluding hydrogens is 328 g/mol. The lowest BCUT2D eigenvalue weighted by Gasteiger charge is -2.27. The first-order valence-corrected chi connectivity index (χ1v) is 7.46. The van der Waals surface area contributed by atoms with Crippen LogP contribution in [-0.4, -0.2) is 17.5 Å². The Kier molecular flexibility index (Phi) is 5.68. The minimum Gasteiger partial charge on any atom is -0.373 e. The third kappa shape index (κ3) is 5.03. The second kappa shape index (κ2) is 6.62. The van der Waals surface area contributed by atoms with Gasteiger partial charge in [0, 0.05) is 10.0 Å². The van der Waals surface area contributed by atoms with Gasteiger partial charge in [-0.1, -0.05) is 34.5 Å². The van der Waals surface area contributed by atoms with Crippen LogP contribution >= 0.6 is 27.5 Å². The second-order valence-corrected chi connectivity index (χ2v) is 6.54. The molecule has 0 spiro atoms. The number of halogens is 2. The summed E-state index contributed by atoms with van der Waals surface area (Å²) in [4.78, 5) is 12.1. The van der Waals surface area contributed by atoms with Crippen LogP contribution in [0.3, 0.4) is 0 Å². The summed E-state index contributed by atoms with van der Waals surface area (Å²) in [7, 11) is 0. The Morgan fingerprint density at radius 2 is 2.11 bits per heavy atom. The molecule has 0 fully saturated rings. The van der Waals surface area contributed by atoms with Crippen molar-refractivity contribution in [1.82, 2.24) is 5.32 Å². The Bertz CT molecular complexity index is 463. The maximum Gasteiger partial charge on any atom is 0.242 e. The molecule has 106 valence electrons. The van der Waals surface area contributed by atoms with E-state index in [-0.39, 0.29) is 17.5 Å². The molecule has 1 amide bonds. The molecular formula is C14H20BrClN2O. The topological polar surface area (TPSA) is 41.1 Å². The first kappa shape index (κ1) is 16.3. The molecule has 1 rings (SSSR count). The average molecular weight is 348 g/mol. The van der Waals surface area contributed by atoms with E-state index in [2.05, 4.69) is 26.6 Å². The highest BCUT2D eigenvalue weighted by molar-refractivity contribution is 9.10. The zero-order valence-corrected chi connectivity index (χ0v) is 14.0. The average Bonchev–Trinajstić information content (AvgIpc) is 2.32.